The van der Waals surface area contributed by atoms with Crippen LogP contribution >= 0.6 is 11.8 Å². The van der Waals surface area contributed by atoms with E-state index in [-0.39, 0.29) is 17.1 Å². The largest absolute Gasteiger partial charge is 0.341 e. The third-order valence-electron chi connectivity index (χ3n) is 4.86. The molecule has 6 heteroatoms. The molecule has 1 amide bonds. The van der Waals surface area contributed by atoms with Crippen molar-refractivity contribution in [3.8, 4) is 0 Å². The summed E-state index contributed by atoms with van der Waals surface area (Å²) in [6.07, 6.45) is 3.05. The maximum absolute atomic E-state index is 13.1. The lowest BCUT2D eigenvalue weighted by molar-refractivity contribution is -0.132. The molecule has 3 heterocycles. The predicted octanol–water partition coefficient (Wildman–Crippen LogP) is 3.11. The van der Waals surface area contributed by atoms with Crippen LogP contribution in [0, 0.1) is 6.92 Å². The molecule has 24 heavy (non-hydrogen) atoms. The molecule has 0 bridgehead atoms. The molecule has 1 fully saturated rings. The van der Waals surface area contributed by atoms with E-state index in [9.17, 15) is 4.79 Å². The van der Waals surface area contributed by atoms with Gasteiger partial charge in [-0.25, -0.2) is 0 Å². The highest BCUT2D eigenvalue weighted by molar-refractivity contribution is 8.00. The fraction of sp³-hybridized carbons (Fsp3) is 0.500. The number of likely N-dealkylation sites (tertiary alicyclic amines) is 1. The highest BCUT2D eigenvalue weighted by Crippen LogP contribution is 2.39. The van der Waals surface area contributed by atoms with Crippen molar-refractivity contribution in [1.82, 2.24) is 15.0 Å². The van der Waals surface area contributed by atoms with Crippen LogP contribution in [0.1, 0.15) is 46.9 Å². The lowest BCUT2D eigenvalue weighted by atomic mass is 9.95. The number of benzene rings is 1. The molecule has 2 aliphatic heterocycles. The van der Waals surface area contributed by atoms with Crippen LogP contribution in [-0.4, -0.2) is 39.8 Å². The van der Waals surface area contributed by atoms with Crippen LogP contribution in [0.3, 0.4) is 0 Å². The number of aryl methyl sites for hydroxylation is 2. The van der Waals surface area contributed by atoms with Crippen molar-refractivity contribution < 1.29 is 9.32 Å². The fourth-order valence-corrected chi connectivity index (χ4v) is 4.91. The number of hydrogen-bond acceptors (Lipinski definition) is 5. The zero-order chi connectivity index (χ0) is 16.5. The minimum atomic E-state index is -0.0688. The highest BCUT2D eigenvalue weighted by Gasteiger charge is 2.34. The Morgan fingerprint density at radius 3 is 3.08 bits per heavy atom. The SMILES string of the molecule is Cc1nc([C@H]2CCCN(C(=O)[C@H]3SCCc4ccccc43)C2)no1. The second kappa shape index (κ2) is 6.59. The van der Waals surface area contributed by atoms with Gasteiger partial charge in [0.05, 0.1) is 0 Å². The number of thioether (sulfide) groups is 1. The number of aromatic nitrogens is 2. The van der Waals surface area contributed by atoms with Gasteiger partial charge in [-0.15, -0.1) is 11.8 Å². The molecule has 5 nitrogen and oxygen atoms in total. The third-order valence-corrected chi connectivity index (χ3v) is 6.09. The Bertz CT molecular complexity index is 745. The van der Waals surface area contributed by atoms with Gasteiger partial charge in [-0.05, 0) is 36.1 Å². The van der Waals surface area contributed by atoms with E-state index in [2.05, 4.69) is 28.3 Å². The monoisotopic (exact) mass is 343 g/mol. The molecule has 0 N–H and O–H groups in total. The number of amides is 1. The first kappa shape index (κ1) is 15.7. The lowest BCUT2D eigenvalue weighted by Crippen LogP contribution is -2.42. The quantitative estimate of drug-likeness (QED) is 0.838. The Morgan fingerprint density at radius 2 is 2.25 bits per heavy atom. The van der Waals surface area contributed by atoms with Crippen molar-refractivity contribution in [3.05, 3.63) is 47.1 Å². The summed E-state index contributed by atoms with van der Waals surface area (Å²) in [5, 5.41) is 3.98. The van der Waals surface area contributed by atoms with E-state index in [1.807, 2.05) is 11.0 Å². The number of fused-ring (bicyclic) bond motifs is 1. The van der Waals surface area contributed by atoms with Crippen LogP contribution < -0.4 is 0 Å². The molecule has 0 aliphatic carbocycles. The highest BCUT2D eigenvalue weighted by atomic mass is 32.2. The number of carbonyl (C=O) groups is 1. The maximum Gasteiger partial charge on any atom is 0.240 e. The Labute approximate surface area is 145 Å². The number of piperidine rings is 1. The molecule has 2 atom stereocenters. The lowest BCUT2D eigenvalue weighted by Gasteiger charge is -2.35. The van der Waals surface area contributed by atoms with E-state index in [0.29, 0.717) is 12.4 Å². The summed E-state index contributed by atoms with van der Waals surface area (Å²) in [6, 6.07) is 8.35. The van der Waals surface area contributed by atoms with Crippen LogP contribution in [0.25, 0.3) is 0 Å². The van der Waals surface area contributed by atoms with E-state index in [1.165, 1.54) is 11.1 Å². The van der Waals surface area contributed by atoms with E-state index in [4.69, 9.17) is 4.52 Å². The van der Waals surface area contributed by atoms with Crippen molar-refractivity contribution in [2.24, 2.45) is 0 Å². The molecular formula is C18H21N3O2S. The number of hydrogen-bond donors (Lipinski definition) is 0. The van der Waals surface area contributed by atoms with Crippen molar-refractivity contribution in [2.45, 2.75) is 37.4 Å². The minimum Gasteiger partial charge on any atom is -0.341 e. The molecule has 0 unspecified atom stereocenters. The van der Waals surface area contributed by atoms with E-state index < -0.39 is 0 Å². The molecule has 4 rings (SSSR count). The number of nitrogens with zero attached hydrogens (tertiary/aromatic N) is 3. The molecule has 0 saturated carbocycles. The van der Waals surface area contributed by atoms with E-state index >= 15 is 0 Å². The zero-order valence-electron chi connectivity index (χ0n) is 13.8. The summed E-state index contributed by atoms with van der Waals surface area (Å²) >= 11 is 1.77. The van der Waals surface area contributed by atoms with Crippen LogP contribution in [0.4, 0.5) is 0 Å². The molecular weight excluding hydrogens is 322 g/mol. The first-order valence-corrected chi connectivity index (χ1v) is 9.55. The molecule has 2 aliphatic rings. The zero-order valence-corrected chi connectivity index (χ0v) is 14.6. The summed E-state index contributed by atoms with van der Waals surface area (Å²) in [6.45, 7) is 3.32. The van der Waals surface area contributed by atoms with Gasteiger partial charge in [0.2, 0.25) is 11.8 Å². The van der Waals surface area contributed by atoms with Crippen molar-refractivity contribution in [3.63, 3.8) is 0 Å². The molecule has 0 spiro atoms. The average Bonchev–Trinajstić information content (AvgIpc) is 3.07. The van der Waals surface area contributed by atoms with Gasteiger partial charge in [-0.3, -0.25) is 4.79 Å². The molecule has 2 aromatic rings. The Hall–Kier alpha value is -1.82. The molecule has 1 aromatic heterocycles. The summed E-state index contributed by atoms with van der Waals surface area (Å²) in [7, 11) is 0. The Kier molecular flexibility index (Phi) is 4.31. The molecule has 126 valence electrons. The van der Waals surface area contributed by atoms with Gasteiger partial charge in [-0.2, -0.15) is 4.98 Å². The predicted molar refractivity (Wildman–Crippen MR) is 92.9 cm³/mol. The van der Waals surface area contributed by atoms with Gasteiger partial charge in [0, 0.05) is 25.9 Å². The van der Waals surface area contributed by atoms with E-state index in [1.54, 1.807) is 18.7 Å². The van der Waals surface area contributed by atoms with Crippen LogP contribution in [0.15, 0.2) is 28.8 Å². The third kappa shape index (κ3) is 2.95. The van der Waals surface area contributed by atoms with Gasteiger partial charge in [0.25, 0.3) is 0 Å². The van der Waals surface area contributed by atoms with Gasteiger partial charge in [0.15, 0.2) is 5.82 Å². The van der Waals surface area contributed by atoms with E-state index in [0.717, 1.165) is 37.4 Å². The molecule has 1 saturated heterocycles. The summed E-state index contributed by atoms with van der Waals surface area (Å²) in [5.74, 6) is 2.75. The second-order valence-electron chi connectivity index (χ2n) is 6.49. The van der Waals surface area contributed by atoms with Gasteiger partial charge in [-0.1, -0.05) is 29.4 Å². The fourth-order valence-electron chi connectivity index (χ4n) is 3.63. The van der Waals surface area contributed by atoms with Gasteiger partial charge in [0.1, 0.15) is 5.25 Å². The molecule has 1 aromatic carbocycles. The van der Waals surface area contributed by atoms with Crippen molar-refractivity contribution >= 4 is 17.7 Å². The summed E-state index contributed by atoms with van der Waals surface area (Å²) in [5.41, 5.74) is 2.51. The summed E-state index contributed by atoms with van der Waals surface area (Å²) in [4.78, 5) is 19.5. The number of carbonyl (C=O) groups excluding carboxylic acids is 1. The van der Waals surface area contributed by atoms with Crippen molar-refractivity contribution in [1.29, 1.82) is 0 Å². The Balaban J connectivity index is 1.52. The smallest absolute Gasteiger partial charge is 0.240 e. The second-order valence-corrected chi connectivity index (χ2v) is 7.71. The standard InChI is InChI=1S/C18H21N3O2S/c1-12-19-17(20-23-12)14-6-4-9-21(11-14)18(22)16-15-7-3-2-5-13(15)8-10-24-16/h2-3,5,7,14,16H,4,6,8-11H2,1H3/t14-,16-/m0/s1. The minimum absolute atomic E-state index is 0.0688. The average molecular weight is 343 g/mol. The normalized spacial score (nSPS) is 23.8. The molecule has 0 radical (unpaired) electrons. The van der Waals surface area contributed by atoms with Crippen molar-refractivity contribution in [2.75, 3.05) is 18.8 Å². The topological polar surface area (TPSA) is 59.2 Å². The first-order chi connectivity index (χ1) is 11.7. The van der Waals surface area contributed by atoms with Crippen LogP contribution in [0.2, 0.25) is 0 Å². The van der Waals surface area contributed by atoms with Gasteiger partial charge < -0.3 is 9.42 Å². The maximum atomic E-state index is 13.1. The summed E-state index contributed by atoms with van der Waals surface area (Å²) < 4.78 is 5.11. The number of rotatable bonds is 2. The first-order valence-electron chi connectivity index (χ1n) is 8.51. The van der Waals surface area contributed by atoms with Crippen LogP contribution in [0.5, 0.6) is 0 Å². The van der Waals surface area contributed by atoms with Crippen LogP contribution in [-0.2, 0) is 11.2 Å². The Morgan fingerprint density at radius 1 is 1.38 bits per heavy atom. The van der Waals surface area contributed by atoms with Gasteiger partial charge >= 0.3 is 0 Å².